The minimum absolute atomic E-state index is 0.457. The van der Waals surface area contributed by atoms with Gasteiger partial charge >= 0.3 is 0 Å². The van der Waals surface area contributed by atoms with E-state index in [4.69, 9.17) is 0 Å². The van der Waals surface area contributed by atoms with Gasteiger partial charge in [0.1, 0.15) is 8.24 Å². The first kappa shape index (κ1) is 13.4. The number of hydrogen-bond donors (Lipinski definition) is 1. The third kappa shape index (κ3) is 3.41. The Morgan fingerprint density at radius 3 is 2.00 bits per heavy atom. The summed E-state index contributed by atoms with van der Waals surface area (Å²) in [6, 6.07) is 0. The second kappa shape index (κ2) is 4.69. The molecule has 0 aromatic carbocycles. The van der Waals surface area contributed by atoms with E-state index in [0.717, 1.165) is 0 Å². The van der Waals surface area contributed by atoms with Crippen LogP contribution in [-0.2, 0) is 0 Å². The van der Waals surface area contributed by atoms with Crippen molar-refractivity contribution in [3.05, 3.63) is 0 Å². The highest BCUT2D eigenvalue weighted by molar-refractivity contribution is 6.85. The Morgan fingerprint density at radius 2 is 1.60 bits per heavy atom. The fourth-order valence-electron chi connectivity index (χ4n) is 1.77. The zero-order valence-electron chi connectivity index (χ0n) is 11.3. The van der Waals surface area contributed by atoms with E-state index in [-0.39, 0.29) is 0 Å². The zero-order valence-corrected chi connectivity index (χ0v) is 13.3. The number of nitrogens with one attached hydrogen (secondary N) is 1. The lowest BCUT2D eigenvalue weighted by molar-refractivity contribution is 0.530. The molecule has 4 heteroatoms. The van der Waals surface area contributed by atoms with Crippen LogP contribution in [0.1, 0.15) is 33.6 Å². The maximum Gasteiger partial charge on any atom is 0.216 e. The summed E-state index contributed by atoms with van der Waals surface area (Å²) < 4.78 is 6.69. The van der Waals surface area contributed by atoms with Crippen LogP contribution in [0.2, 0.25) is 24.7 Å². The van der Waals surface area contributed by atoms with Gasteiger partial charge in [-0.3, -0.25) is 0 Å². The lowest BCUT2D eigenvalue weighted by atomic mass is 10.2. The molecule has 0 atom stereocenters. The molecule has 1 N–H and O–H groups in total. The van der Waals surface area contributed by atoms with Gasteiger partial charge in [-0.15, -0.1) is 0 Å². The minimum atomic E-state index is -1.28. The summed E-state index contributed by atoms with van der Waals surface area (Å²) in [6.45, 7) is 17.2. The SMILES string of the molecule is C[Si](N[Si](C)(C)C(C)(C)C)N1CCCC1. The Bertz CT molecular complexity index is 205. The first-order valence-corrected chi connectivity index (χ1v) is 11.1. The molecule has 1 rings (SSSR count). The molecule has 1 saturated heterocycles. The second-order valence-electron chi connectivity index (χ2n) is 6.28. The molecule has 0 amide bonds. The normalized spacial score (nSPS) is 20.2. The molecule has 0 aromatic rings. The van der Waals surface area contributed by atoms with Gasteiger partial charge in [0.15, 0.2) is 0 Å². The minimum Gasteiger partial charge on any atom is -0.347 e. The Balaban J connectivity index is 2.52. The molecular weight excluding hydrogens is 216 g/mol. The molecule has 0 aliphatic carbocycles. The van der Waals surface area contributed by atoms with Crippen LogP contribution in [0.4, 0.5) is 0 Å². The number of nitrogens with zero attached hydrogens (tertiary/aromatic N) is 1. The van der Waals surface area contributed by atoms with Gasteiger partial charge < -0.3 is 9.21 Å². The predicted octanol–water partition coefficient (Wildman–Crippen LogP) is 2.80. The van der Waals surface area contributed by atoms with Gasteiger partial charge in [0.05, 0.1) is 0 Å². The highest BCUT2D eigenvalue weighted by atomic mass is 28.4. The van der Waals surface area contributed by atoms with Crippen LogP contribution < -0.4 is 4.65 Å². The molecule has 1 aliphatic rings. The standard InChI is InChI=1S/C11H27N2Si2/c1-11(2,3)15(5,6)12-14(4)13-9-7-8-10-13/h12H,7-10H2,1-6H3. The zero-order chi connectivity index (χ0) is 11.7. The Morgan fingerprint density at radius 1 is 1.13 bits per heavy atom. The van der Waals surface area contributed by atoms with E-state index in [9.17, 15) is 0 Å². The smallest absolute Gasteiger partial charge is 0.216 e. The van der Waals surface area contributed by atoms with E-state index >= 15 is 0 Å². The van der Waals surface area contributed by atoms with Crippen LogP contribution in [0.3, 0.4) is 0 Å². The average Bonchev–Trinajstić information content (AvgIpc) is 2.51. The van der Waals surface area contributed by atoms with Crippen molar-refractivity contribution >= 4 is 17.4 Å². The van der Waals surface area contributed by atoms with Crippen LogP contribution in [0, 0.1) is 0 Å². The summed E-state index contributed by atoms with van der Waals surface area (Å²) in [7, 11) is -1.74. The topological polar surface area (TPSA) is 15.3 Å². The monoisotopic (exact) mass is 243 g/mol. The lowest BCUT2D eigenvalue weighted by Crippen LogP contribution is -2.62. The van der Waals surface area contributed by atoms with E-state index in [1.807, 2.05) is 0 Å². The van der Waals surface area contributed by atoms with Crippen molar-refractivity contribution in [2.24, 2.45) is 0 Å². The molecule has 0 saturated carbocycles. The fraction of sp³-hybridized carbons (Fsp3) is 1.00. The molecule has 0 bridgehead atoms. The van der Waals surface area contributed by atoms with Crippen LogP contribution in [0.25, 0.3) is 0 Å². The third-order valence-corrected chi connectivity index (χ3v) is 13.0. The Kier molecular flexibility index (Phi) is 4.20. The molecule has 1 aliphatic heterocycles. The molecule has 1 fully saturated rings. The van der Waals surface area contributed by atoms with Crippen LogP contribution in [-0.4, -0.2) is 35.0 Å². The van der Waals surface area contributed by atoms with E-state index in [1.165, 1.54) is 25.9 Å². The molecule has 0 unspecified atom stereocenters. The maximum absolute atomic E-state index is 4.00. The van der Waals surface area contributed by atoms with Gasteiger partial charge in [0.25, 0.3) is 0 Å². The largest absolute Gasteiger partial charge is 0.347 e. The van der Waals surface area contributed by atoms with Crippen LogP contribution in [0.5, 0.6) is 0 Å². The van der Waals surface area contributed by atoms with Crippen molar-refractivity contribution in [2.45, 2.75) is 58.3 Å². The molecule has 15 heavy (non-hydrogen) atoms. The van der Waals surface area contributed by atoms with Crippen molar-refractivity contribution in [1.29, 1.82) is 0 Å². The number of rotatable bonds is 3. The van der Waals surface area contributed by atoms with Crippen molar-refractivity contribution in [3.63, 3.8) is 0 Å². The Hall–Kier alpha value is 0.354. The van der Waals surface area contributed by atoms with Gasteiger partial charge in [-0.05, 0) is 37.5 Å². The molecule has 1 radical (unpaired) electrons. The van der Waals surface area contributed by atoms with E-state index in [2.05, 4.69) is 49.6 Å². The first-order valence-electron chi connectivity index (χ1n) is 6.11. The van der Waals surface area contributed by atoms with Crippen molar-refractivity contribution < 1.29 is 0 Å². The van der Waals surface area contributed by atoms with Gasteiger partial charge in [-0.2, -0.15) is 0 Å². The van der Waals surface area contributed by atoms with E-state index in [0.29, 0.717) is 5.04 Å². The fourth-order valence-corrected chi connectivity index (χ4v) is 8.51. The average molecular weight is 244 g/mol. The highest BCUT2D eigenvalue weighted by Crippen LogP contribution is 2.34. The van der Waals surface area contributed by atoms with Gasteiger partial charge in [0, 0.05) is 0 Å². The maximum atomic E-state index is 4.00. The van der Waals surface area contributed by atoms with Crippen molar-refractivity contribution in [2.75, 3.05) is 13.1 Å². The van der Waals surface area contributed by atoms with Gasteiger partial charge in [-0.25, -0.2) is 0 Å². The van der Waals surface area contributed by atoms with Crippen LogP contribution >= 0.6 is 0 Å². The lowest BCUT2D eigenvalue weighted by Gasteiger charge is -2.41. The predicted molar refractivity (Wildman–Crippen MR) is 72.8 cm³/mol. The number of hydrogen-bond acceptors (Lipinski definition) is 2. The summed E-state index contributed by atoms with van der Waals surface area (Å²) in [5, 5.41) is 0.457. The van der Waals surface area contributed by atoms with E-state index < -0.39 is 17.4 Å². The molecule has 1 heterocycles. The summed E-state index contributed by atoms with van der Waals surface area (Å²) in [5.41, 5.74) is 0. The Labute approximate surface area is 98.3 Å². The highest BCUT2D eigenvalue weighted by Gasteiger charge is 2.38. The quantitative estimate of drug-likeness (QED) is 0.767. The molecule has 2 nitrogen and oxygen atoms in total. The summed E-state index contributed by atoms with van der Waals surface area (Å²) in [5.74, 6) is 0. The van der Waals surface area contributed by atoms with Gasteiger partial charge in [0.2, 0.25) is 9.12 Å². The van der Waals surface area contributed by atoms with Crippen molar-refractivity contribution in [3.8, 4) is 0 Å². The summed E-state index contributed by atoms with van der Waals surface area (Å²) in [4.78, 5) is 0. The molecule has 89 valence electrons. The molecular formula is C11H27N2Si2. The van der Waals surface area contributed by atoms with E-state index in [1.54, 1.807) is 0 Å². The summed E-state index contributed by atoms with van der Waals surface area (Å²) in [6.07, 6.45) is 2.81. The molecule has 0 aromatic heterocycles. The first-order chi connectivity index (χ1) is 6.74. The summed E-state index contributed by atoms with van der Waals surface area (Å²) >= 11 is 0. The molecule has 0 spiro atoms. The third-order valence-electron chi connectivity index (χ3n) is 3.95. The van der Waals surface area contributed by atoms with Crippen LogP contribution in [0.15, 0.2) is 0 Å². The second-order valence-corrected chi connectivity index (χ2v) is 13.8. The van der Waals surface area contributed by atoms with Gasteiger partial charge in [-0.1, -0.05) is 33.9 Å². The van der Waals surface area contributed by atoms with Crippen molar-refractivity contribution in [1.82, 2.24) is 9.21 Å².